The molecule has 0 aliphatic heterocycles. The molecule has 2 amide bonds. The van der Waals surface area contributed by atoms with E-state index in [1.165, 1.54) is 30.0 Å². The van der Waals surface area contributed by atoms with E-state index in [4.69, 9.17) is 4.42 Å². The molecule has 0 radical (unpaired) electrons. The van der Waals surface area contributed by atoms with Gasteiger partial charge in [0, 0.05) is 5.69 Å². The van der Waals surface area contributed by atoms with E-state index in [0.717, 1.165) is 11.3 Å². The molecule has 27 heavy (non-hydrogen) atoms. The highest BCUT2D eigenvalue weighted by Crippen LogP contribution is 2.26. The van der Waals surface area contributed by atoms with E-state index in [2.05, 4.69) is 20.8 Å². The molecule has 1 aromatic carbocycles. The number of nitrogens with one attached hydrogen (secondary N) is 2. The van der Waals surface area contributed by atoms with Crippen LogP contribution in [0.3, 0.4) is 0 Å². The van der Waals surface area contributed by atoms with E-state index < -0.39 is 5.82 Å². The van der Waals surface area contributed by atoms with Gasteiger partial charge in [0.15, 0.2) is 4.34 Å². The van der Waals surface area contributed by atoms with E-state index in [9.17, 15) is 14.0 Å². The van der Waals surface area contributed by atoms with Gasteiger partial charge < -0.3 is 9.73 Å². The molecule has 0 aliphatic carbocycles. The second kappa shape index (κ2) is 8.31. The average molecular weight is 406 g/mol. The first-order valence-corrected chi connectivity index (χ1v) is 9.61. The summed E-state index contributed by atoms with van der Waals surface area (Å²) in [4.78, 5) is 24.1. The number of carbonyl (C=O) groups is 2. The molecule has 140 valence electrons. The van der Waals surface area contributed by atoms with Gasteiger partial charge in [0.2, 0.25) is 11.0 Å². The zero-order valence-corrected chi connectivity index (χ0v) is 16.0. The lowest BCUT2D eigenvalue weighted by atomic mass is 10.2. The van der Waals surface area contributed by atoms with Crippen molar-refractivity contribution in [3.8, 4) is 0 Å². The fourth-order valence-corrected chi connectivity index (χ4v) is 3.78. The lowest BCUT2D eigenvalue weighted by Gasteiger charge is -2.03. The number of anilines is 2. The van der Waals surface area contributed by atoms with Crippen LogP contribution >= 0.6 is 23.1 Å². The maximum absolute atomic E-state index is 13.1. The molecular weight excluding hydrogens is 391 g/mol. The Bertz CT molecular complexity index is 986. The second-order valence-electron chi connectivity index (χ2n) is 5.50. The van der Waals surface area contributed by atoms with E-state index in [1.807, 2.05) is 0 Å². The van der Waals surface area contributed by atoms with Crippen molar-refractivity contribution in [3.05, 3.63) is 53.2 Å². The topological polar surface area (TPSA) is 97.1 Å². The highest BCUT2D eigenvalue weighted by atomic mass is 32.2. The number of furan rings is 1. The number of halogens is 1. The van der Waals surface area contributed by atoms with Crippen LogP contribution in [0.15, 0.2) is 39.1 Å². The molecule has 7 nitrogen and oxygen atoms in total. The van der Waals surface area contributed by atoms with Crippen LogP contribution in [-0.4, -0.2) is 27.8 Å². The minimum absolute atomic E-state index is 0.0825. The standard InChI is InChI=1S/C17H15FN4O3S2/c1-9-6-13(10(2)25-9)15(24)20-16-21-22-17(27-16)26-8-14(23)19-12-5-3-4-11(18)7-12/h3-7H,8H2,1-2H3,(H,19,23)(H,20,21,24). The normalized spacial score (nSPS) is 10.6. The maximum atomic E-state index is 13.1. The van der Waals surface area contributed by atoms with Gasteiger partial charge in [0.05, 0.1) is 11.3 Å². The SMILES string of the molecule is Cc1cc(C(=O)Nc2nnc(SCC(=O)Nc3cccc(F)c3)s2)c(C)o1. The summed E-state index contributed by atoms with van der Waals surface area (Å²) < 4.78 is 19.0. The van der Waals surface area contributed by atoms with E-state index in [0.29, 0.717) is 32.2 Å². The van der Waals surface area contributed by atoms with Crippen molar-refractivity contribution >= 4 is 45.7 Å². The molecule has 0 spiro atoms. The number of hydrogen-bond acceptors (Lipinski definition) is 7. The van der Waals surface area contributed by atoms with Crippen molar-refractivity contribution in [1.29, 1.82) is 0 Å². The third-order valence-corrected chi connectivity index (χ3v) is 5.32. The van der Waals surface area contributed by atoms with Gasteiger partial charge in [-0.05, 0) is 38.1 Å². The fourth-order valence-electron chi connectivity index (χ4n) is 2.23. The summed E-state index contributed by atoms with van der Waals surface area (Å²) in [7, 11) is 0. The van der Waals surface area contributed by atoms with Crippen LogP contribution in [0.25, 0.3) is 0 Å². The molecule has 0 bridgehead atoms. The Labute approximate surface area is 162 Å². The van der Waals surface area contributed by atoms with E-state index >= 15 is 0 Å². The number of benzene rings is 1. The Morgan fingerprint density at radius 1 is 1.22 bits per heavy atom. The molecule has 3 aromatic rings. The number of hydrogen-bond donors (Lipinski definition) is 2. The van der Waals surface area contributed by atoms with Gasteiger partial charge in [0.1, 0.15) is 17.3 Å². The number of rotatable bonds is 6. The molecule has 0 saturated heterocycles. The van der Waals surface area contributed by atoms with Crippen LogP contribution in [-0.2, 0) is 4.79 Å². The summed E-state index contributed by atoms with van der Waals surface area (Å²) >= 11 is 2.33. The van der Waals surface area contributed by atoms with Gasteiger partial charge >= 0.3 is 0 Å². The zero-order chi connectivity index (χ0) is 19.4. The van der Waals surface area contributed by atoms with Crippen molar-refractivity contribution in [2.24, 2.45) is 0 Å². The van der Waals surface area contributed by atoms with Gasteiger partial charge in [-0.1, -0.05) is 29.2 Å². The van der Waals surface area contributed by atoms with E-state index in [-0.39, 0.29) is 17.6 Å². The van der Waals surface area contributed by atoms with Crippen LogP contribution < -0.4 is 10.6 Å². The fraction of sp³-hybridized carbons (Fsp3) is 0.176. The van der Waals surface area contributed by atoms with Crippen LogP contribution in [0.5, 0.6) is 0 Å². The smallest absolute Gasteiger partial charge is 0.261 e. The van der Waals surface area contributed by atoms with Crippen LogP contribution in [0.4, 0.5) is 15.2 Å². The van der Waals surface area contributed by atoms with E-state index in [1.54, 1.807) is 26.0 Å². The van der Waals surface area contributed by atoms with Crippen molar-refractivity contribution < 1.29 is 18.4 Å². The lowest BCUT2D eigenvalue weighted by Crippen LogP contribution is -2.13. The summed E-state index contributed by atoms with van der Waals surface area (Å²) in [5, 5.41) is 13.4. The summed E-state index contributed by atoms with van der Waals surface area (Å²) in [5.41, 5.74) is 0.822. The predicted molar refractivity (Wildman–Crippen MR) is 102 cm³/mol. The Balaban J connectivity index is 1.52. The first-order valence-electron chi connectivity index (χ1n) is 7.81. The van der Waals surface area contributed by atoms with Gasteiger partial charge in [-0.2, -0.15) is 0 Å². The average Bonchev–Trinajstić information content (AvgIpc) is 3.18. The van der Waals surface area contributed by atoms with Gasteiger partial charge in [-0.25, -0.2) is 4.39 Å². The second-order valence-corrected chi connectivity index (χ2v) is 7.70. The number of carbonyl (C=O) groups excluding carboxylic acids is 2. The quantitative estimate of drug-likeness (QED) is 0.476. The maximum Gasteiger partial charge on any atom is 0.261 e. The predicted octanol–water partition coefficient (Wildman–Crippen LogP) is 3.87. The van der Waals surface area contributed by atoms with Crippen molar-refractivity contribution in [3.63, 3.8) is 0 Å². The van der Waals surface area contributed by atoms with Gasteiger partial charge in [-0.3, -0.25) is 14.9 Å². The van der Waals surface area contributed by atoms with Crippen molar-refractivity contribution in [2.75, 3.05) is 16.4 Å². The first-order chi connectivity index (χ1) is 12.9. The molecule has 10 heteroatoms. The summed E-state index contributed by atoms with van der Waals surface area (Å²) in [6, 6.07) is 7.30. The molecule has 0 fully saturated rings. The minimum atomic E-state index is -0.423. The molecule has 0 aliphatic rings. The largest absolute Gasteiger partial charge is 0.466 e. The molecule has 2 heterocycles. The lowest BCUT2D eigenvalue weighted by molar-refractivity contribution is -0.113. The number of nitrogens with zero attached hydrogens (tertiary/aromatic N) is 2. The molecule has 0 unspecified atom stereocenters. The number of amides is 2. The van der Waals surface area contributed by atoms with Crippen molar-refractivity contribution in [2.45, 2.75) is 18.2 Å². The van der Waals surface area contributed by atoms with Crippen LogP contribution in [0.1, 0.15) is 21.9 Å². The summed E-state index contributed by atoms with van der Waals surface area (Å²) in [5.74, 6) is 0.206. The Morgan fingerprint density at radius 2 is 2.04 bits per heavy atom. The summed E-state index contributed by atoms with van der Waals surface area (Å²) in [6.07, 6.45) is 0. The Morgan fingerprint density at radius 3 is 2.74 bits per heavy atom. The monoisotopic (exact) mass is 406 g/mol. The molecule has 3 rings (SSSR count). The minimum Gasteiger partial charge on any atom is -0.466 e. The first kappa shape index (κ1) is 19.1. The summed E-state index contributed by atoms with van der Waals surface area (Å²) in [6.45, 7) is 3.47. The third kappa shape index (κ3) is 5.14. The zero-order valence-electron chi connectivity index (χ0n) is 14.4. The van der Waals surface area contributed by atoms with Crippen LogP contribution in [0, 0.1) is 19.7 Å². The molecule has 2 aromatic heterocycles. The number of thioether (sulfide) groups is 1. The Hall–Kier alpha value is -2.72. The Kier molecular flexibility index (Phi) is 5.87. The van der Waals surface area contributed by atoms with Crippen molar-refractivity contribution in [1.82, 2.24) is 10.2 Å². The highest BCUT2D eigenvalue weighted by Gasteiger charge is 2.16. The third-order valence-electron chi connectivity index (χ3n) is 3.35. The molecular formula is C17H15FN4O3S2. The molecule has 2 N–H and O–H groups in total. The van der Waals surface area contributed by atoms with Crippen LogP contribution in [0.2, 0.25) is 0 Å². The molecule has 0 atom stereocenters. The number of aromatic nitrogens is 2. The number of aryl methyl sites for hydroxylation is 2. The van der Waals surface area contributed by atoms with Gasteiger partial charge in [-0.15, -0.1) is 10.2 Å². The highest BCUT2D eigenvalue weighted by molar-refractivity contribution is 8.01. The van der Waals surface area contributed by atoms with Gasteiger partial charge in [0.25, 0.3) is 5.91 Å². The molecule has 0 saturated carbocycles.